The van der Waals surface area contributed by atoms with Crippen LogP contribution >= 0.6 is 11.6 Å². The average Bonchev–Trinajstić information content (AvgIpc) is 2.62. The fraction of sp³-hybridized carbons (Fsp3) is 0.316. The van der Waals surface area contributed by atoms with Crippen LogP contribution in [0.3, 0.4) is 0 Å². The molecule has 0 spiro atoms. The molecule has 0 aliphatic carbocycles. The molecule has 1 unspecified atom stereocenters. The standard InChI is InChI=1S/C19H19ClN2O/c20-17-6-7-18(16(12-17)13-21)22-10-8-15(9-11-22)19(23)14-4-2-1-3-5-14/h1-7,12,15,19,23H,8-11H2. The van der Waals surface area contributed by atoms with Gasteiger partial charge in [0.25, 0.3) is 0 Å². The van der Waals surface area contributed by atoms with Crippen LogP contribution in [-0.4, -0.2) is 18.2 Å². The second-order valence-electron chi connectivity index (χ2n) is 5.95. The van der Waals surface area contributed by atoms with Crippen molar-refractivity contribution in [3.63, 3.8) is 0 Å². The van der Waals surface area contributed by atoms with E-state index in [-0.39, 0.29) is 5.92 Å². The number of anilines is 1. The maximum absolute atomic E-state index is 10.6. The zero-order chi connectivity index (χ0) is 16.2. The normalized spacial score (nSPS) is 16.8. The Hall–Kier alpha value is -2.02. The molecule has 2 aromatic carbocycles. The predicted molar refractivity (Wildman–Crippen MR) is 92.5 cm³/mol. The Morgan fingerprint density at radius 1 is 1.13 bits per heavy atom. The van der Waals surface area contributed by atoms with E-state index in [1.165, 1.54) is 0 Å². The monoisotopic (exact) mass is 326 g/mol. The highest BCUT2D eigenvalue weighted by molar-refractivity contribution is 6.30. The zero-order valence-electron chi connectivity index (χ0n) is 12.8. The number of aliphatic hydroxyl groups excluding tert-OH is 1. The van der Waals surface area contributed by atoms with E-state index in [0.717, 1.165) is 37.2 Å². The second kappa shape index (κ2) is 7.04. The van der Waals surface area contributed by atoms with Crippen LogP contribution in [0, 0.1) is 17.2 Å². The molecule has 3 nitrogen and oxygen atoms in total. The van der Waals surface area contributed by atoms with Gasteiger partial charge < -0.3 is 10.0 Å². The lowest BCUT2D eigenvalue weighted by atomic mass is 9.87. The van der Waals surface area contributed by atoms with Gasteiger partial charge >= 0.3 is 0 Å². The third-order valence-corrected chi connectivity index (χ3v) is 4.78. The van der Waals surface area contributed by atoms with Crippen LogP contribution in [0.5, 0.6) is 0 Å². The first-order chi connectivity index (χ1) is 11.2. The van der Waals surface area contributed by atoms with Crippen molar-refractivity contribution in [2.75, 3.05) is 18.0 Å². The number of piperidine rings is 1. The minimum Gasteiger partial charge on any atom is -0.388 e. The molecule has 1 N–H and O–H groups in total. The summed E-state index contributed by atoms with van der Waals surface area (Å²) in [5.41, 5.74) is 2.53. The van der Waals surface area contributed by atoms with Crippen molar-refractivity contribution < 1.29 is 5.11 Å². The SMILES string of the molecule is N#Cc1cc(Cl)ccc1N1CCC(C(O)c2ccccc2)CC1. The third-order valence-electron chi connectivity index (χ3n) is 4.55. The predicted octanol–water partition coefficient (Wildman–Crippen LogP) is 4.16. The van der Waals surface area contributed by atoms with Crippen molar-refractivity contribution in [2.45, 2.75) is 18.9 Å². The van der Waals surface area contributed by atoms with E-state index < -0.39 is 6.10 Å². The zero-order valence-corrected chi connectivity index (χ0v) is 13.6. The van der Waals surface area contributed by atoms with Crippen molar-refractivity contribution >= 4 is 17.3 Å². The van der Waals surface area contributed by atoms with Gasteiger partial charge in [-0.05, 0) is 42.5 Å². The number of halogens is 1. The number of rotatable bonds is 3. The molecular formula is C19H19ClN2O. The third kappa shape index (κ3) is 3.50. The maximum atomic E-state index is 10.6. The van der Waals surface area contributed by atoms with Gasteiger partial charge in [-0.25, -0.2) is 0 Å². The summed E-state index contributed by atoms with van der Waals surface area (Å²) in [6, 6.07) is 17.5. The number of nitrogens with zero attached hydrogens (tertiary/aromatic N) is 2. The molecule has 0 bridgehead atoms. The summed E-state index contributed by atoms with van der Waals surface area (Å²) in [6.07, 6.45) is 1.40. The Labute approximate surface area is 141 Å². The Kier molecular flexibility index (Phi) is 4.85. The largest absolute Gasteiger partial charge is 0.388 e. The molecule has 1 saturated heterocycles. The van der Waals surface area contributed by atoms with E-state index in [0.29, 0.717) is 10.6 Å². The summed E-state index contributed by atoms with van der Waals surface area (Å²) >= 11 is 5.96. The molecule has 118 valence electrons. The van der Waals surface area contributed by atoms with Crippen LogP contribution in [-0.2, 0) is 0 Å². The minimum absolute atomic E-state index is 0.256. The molecule has 0 saturated carbocycles. The van der Waals surface area contributed by atoms with Gasteiger partial charge in [-0.1, -0.05) is 41.9 Å². The van der Waals surface area contributed by atoms with E-state index in [1.54, 1.807) is 6.07 Å². The molecule has 1 fully saturated rings. The number of benzene rings is 2. The average molecular weight is 327 g/mol. The highest BCUT2D eigenvalue weighted by atomic mass is 35.5. The molecule has 1 aliphatic rings. The summed E-state index contributed by atoms with van der Waals surface area (Å²) in [7, 11) is 0. The quantitative estimate of drug-likeness (QED) is 0.921. The van der Waals surface area contributed by atoms with E-state index in [9.17, 15) is 10.4 Å². The summed E-state index contributed by atoms with van der Waals surface area (Å²) in [5, 5.41) is 20.4. The Morgan fingerprint density at radius 2 is 1.83 bits per heavy atom. The van der Waals surface area contributed by atoms with Gasteiger partial charge in [0, 0.05) is 18.1 Å². The minimum atomic E-state index is -0.418. The van der Waals surface area contributed by atoms with Crippen molar-refractivity contribution in [1.29, 1.82) is 5.26 Å². The molecular weight excluding hydrogens is 308 g/mol. The molecule has 0 amide bonds. The number of hydrogen-bond donors (Lipinski definition) is 1. The van der Waals surface area contributed by atoms with Crippen molar-refractivity contribution in [1.82, 2.24) is 0 Å². The molecule has 0 aromatic heterocycles. The van der Waals surface area contributed by atoms with Crippen LogP contribution in [0.25, 0.3) is 0 Å². The molecule has 1 aliphatic heterocycles. The van der Waals surface area contributed by atoms with Gasteiger partial charge in [0.05, 0.1) is 17.4 Å². The van der Waals surface area contributed by atoms with E-state index in [4.69, 9.17) is 11.6 Å². The van der Waals surface area contributed by atoms with E-state index in [2.05, 4.69) is 11.0 Å². The van der Waals surface area contributed by atoms with Gasteiger partial charge in [0.2, 0.25) is 0 Å². The number of aliphatic hydroxyl groups is 1. The topological polar surface area (TPSA) is 47.3 Å². The lowest BCUT2D eigenvalue weighted by Crippen LogP contribution is -2.36. The van der Waals surface area contributed by atoms with Crippen LogP contribution in [0.1, 0.15) is 30.1 Å². The van der Waals surface area contributed by atoms with Crippen molar-refractivity contribution in [3.05, 3.63) is 64.7 Å². The summed E-state index contributed by atoms with van der Waals surface area (Å²) < 4.78 is 0. The lowest BCUT2D eigenvalue weighted by Gasteiger charge is -2.36. The number of nitriles is 1. The molecule has 4 heteroatoms. The van der Waals surface area contributed by atoms with Gasteiger partial charge in [0.15, 0.2) is 0 Å². The van der Waals surface area contributed by atoms with Crippen molar-refractivity contribution in [2.24, 2.45) is 5.92 Å². The Bertz CT molecular complexity index is 703. The molecule has 3 rings (SSSR count). The van der Waals surface area contributed by atoms with Crippen LogP contribution < -0.4 is 4.90 Å². The molecule has 0 radical (unpaired) electrons. The molecule has 23 heavy (non-hydrogen) atoms. The summed E-state index contributed by atoms with van der Waals surface area (Å²) in [4.78, 5) is 2.21. The smallest absolute Gasteiger partial charge is 0.101 e. The van der Waals surface area contributed by atoms with Gasteiger partial charge in [-0.3, -0.25) is 0 Å². The van der Waals surface area contributed by atoms with E-state index in [1.807, 2.05) is 42.5 Å². The van der Waals surface area contributed by atoms with Crippen LogP contribution in [0.2, 0.25) is 5.02 Å². The first-order valence-electron chi connectivity index (χ1n) is 7.86. The molecule has 1 atom stereocenters. The Balaban J connectivity index is 1.68. The first kappa shape index (κ1) is 15.9. The van der Waals surface area contributed by atoms with Crippen LogP contribution in [0.15, 0.2) is 48.5 Å². The number of hydrogen-bond acceptors (Lipinski definition) is 3. The highest BCUT2D eigenvalue weighted by Gasteiger charge is 2.27. The Morgan fingerprint density at radius 3 is 2.48 bits per heavy atom. The fourth-order valence-corrected chi connectivity index (χ4v) is 3.42. The molecule has 2 aromatic rings. The lowest BCUT2D eigenvalue weighted by molar-refractivity contribution is 0.0930. The highest BCUT2D eigenvalue weighted by Crippen LogP contribution is 2.33. The molecule has 1 heterocycles. The van der Waals surface area contributed by atoms with Gasteiger partial charge in [0.1, 0.15) is 6.07 Å². The first-order valence-corrected chi connectivity index (χ1v) is 8.24. The van der Waals surface area contributed by atoms with Crippen LogP contribution in [0.4, 0.5) is 5.69 Å². The van der Waals surface area contributed by atoms with Gasteiger partial charge in [-0.2, -0.15) is 5.26 Å². The summed E-state index contributed by atoms with van der Waals surface area (Å²) in [5.74, 6) is 0.256. The maximum Gasteiger partial charge on any atom is 0.101 e. The second-order valence-corrected chi connectivity index (χ2v) is 6.39. The van der Waals surface area contributed by atoms with Gasteiger partial charge in [-0.15, -0.1) is 0 Å². The van der Waals surface area contributed by atoms with Crippen molar-refractivity contribution in [3.8, 4) is 6.07 Å². The van der Waals surface area contributed by atoms with E-state index >= 15 is 0 Å². The summed E-state index contributed by atoms with van der Waals surface area (Å²) in [6.45, 7) is 1.68. The fourth-order valence-electron chi connectivity index (χ4n) is 3.25.